The molecular weight excluding hydrogens is 284 g/mol. The number of H-pyrrole nitrogens is 1. The Balaban J connectivity index is 0.00000147. The Hall–Kier alpha value is -2.41. The van der Waals surface area contributed by atoms with E-state index in [1.54, 1.807) is 25.3 Å². The molecule has 0 amide bonds. The molecule has 0 aliphatic heterocycles. The van der Waals surface area contributed by atoms with Crippen molar-refractivity contribution in [3.63, 3.8) is 0 Å². The van der Waals surface area contributed by atoms with Crippen LogP contribution in [0.3, 0.4) is 0 Å². The molecule has 3 aromatic rings. The maximum absolute atomic E-state index is 12.3. The summed E-state index contributed by atoms with van der Waals surface area (Å²) in [5.74, 6) is -1.06. The molecule has 104 valence electrons. The van der Waals surface area contributed by atoms with Gasteiger partial charge in [0, 0.05) is 11.9 Å². The summed E-state index contributed by atoms with van der Waals surface area (Å²) < 4.78 is 1.24. The molecule has 0 unspecified atom stereocenters. The molecule has 0 bridgehead atoms. The average molecular weight is 295 g/mol. The molecule has 2 N–H and O–H groups in total. The zero-order chi connectivity index (χ0) is 13.6. The van der Waals surface area contributed by atoms with Crippen molar-refractivity contribution in [1.29, 1.82) is 0 Å². The molecule has 0 radical (unpaired) electrons. The van der Waals surface area contributed by atoms with Gasteiger partial charge < -0.3 is 5.11 Å². The molecule has 3 aromatic heterocycles. The molecule has 0 atom stereocenters. The molecule has 3 heterocycles. The number of pyridine rings is 1. The number of carbonyl (C=O) groups is 1. The Morgan fingerprint density at radius 1 is 1.50 bits per heavy atom. The largest absolute Gasteiger partial charge is 0.481 e. The van der Waals surface area contributed by atoms with Gasteiger partial charge in [-0.05, 0) is 19.1 Å². The third-order valence-corrected chi connectivity index (χ3v) is 2.98. The van der Waals surface area contributed by atoms with E-state index >= 15 is 0 Å². The zero-order valence-electron chi connectivity index (χ0n) is 10.5. The normalized spacial score (nSPS) is 10.7. The first-order valence-electron chi connectivity index (χ1n) is 5.64. The van der Waals surface area contributed by atoms with Crippen LogP contribution in [0, 0.1) is 6.92 Å². The zero-order valence-corrected chi connectivity index (χ0v) is 11.3. The van der Waals surface area contributed by atoms with Crippen molar-refractivity contribution in [2.45, 2.75) is 13.3 Å². The number of hydrogen-bond acceptors (Lipinski definition) is 4. The van der Waals surface area contributed by atoms with Gasteiger partial charge in [0.25, 0.3) is 5.56 Å². The van der Waals surface area contributed by atoms with Crippen LogP contribution in [0.1, 0.15) is 11.3 Å². The molecule has 0 aromatic carbocycles. The first-order valence-corrected chi connectivity index (χ1v) is 5.64. The Bertz CT molecular complexity index is 868. The van der Waals surface area contributed by atoms with E-state index in [1.165, 1.54) is 4.52 Å². The van der Waals surface area contributed by atoms with Crippen LogP contribution in [0.4, 0.5) is 0 Å². The highest BCUT2D eigenvalue weighted by molar-refractivity contribution is 5.89. The van der Waals surface area contributed by atoms with Gasteiger partial charge in [-0.25, -0.2) is 9.97 Å². The van der Waals surface area contributed by atoms with Gasteiger partial charge in [0.1, 0.15) is 0 Å². The second kappa shape index (κ2) is 4.93. The Morgan fingerprint density at radius 3 is 2.95 bits per heavy atom. The summed E-state index contributed by atoms with van der Waals surface area (Å²) in [5, 5.41) is 12.4. The van der Waals surface area contributed by atoms with Gasteiger partial charge in [-0.3, -0.25) is 14.7 Å². The number of aromatic nitrogens is 4. The Kier molecular flexibility index (Phi) is 3.46. The van der Waals surface area contributed by atoms with Gasteiger partial charge in [0.05, 0.1) is 17.4 Å². The molecule has 0 spiro atoms. The van der Waals surface area contributed by atoms with Gasteiger partial charge in [-0.15, -0.1) is 12.4 Å². The fourth-order valence-electron chi connectivity index (χ4n) is 2.08. The Labute approximate surface area is 118 Å². The predicted octanol–water partition coefficient (Wildman–Crippen LogP) is 0.928. The summed E-state index contributed by atoms with van der Waals surface area (Å²) in [6.45, 7) is 1.63. The van der Waals surface area contributed by atoms with Crippen molar-refractivity contribution in [3.8, 4) is 0 Å². The fourth-order valence-corrected chi connectivity index (χ4v) is 2.08. The third kappa shape index (κ3) is 2.01. The molecule has 8 heteroatoms. The molecule has 7 nitrogen and oxygen atoms in total. The van der Waals surface area contributed by atoms with Gasteiger partial charge in [0.2, 0.25) is 0 Å². The van der Waals surface area contributed by atoms with E-state index in [-0.39, 0.29) is 24.4 Å². The first-order chi connectivity index (χ1) is 9.08. The van der Waals surface area contributed by atoms with E-state index in [0.29, 0.717) is 17.0 Å². The number of aryl methyl sites for hydroxylation is 1. The minimum absolute atomic E-state index is 0. The van der Waals surface area contributed by atoms with Crippen LogP contribution < -0.4 is 5.56 Å². The fraction of sp³-hybridized carbons (Fsp3) is 0.167. The number of aromatic amines is 1. The average Bonchev–Trinajstić information content (AvgIpc) is 2.73. The standard InChI is InChI=1S/C12H10N4O3.ClH/c1-6-8(5-9(17)18)12(19)16-11(14-6)7-3-2-4-13-10(7)15-16;/h2-4H,5H2,1H3,(H,13,15)(H,17,18);1H. The monoisotopic (exact) mass is 294 g/mol. The van der Waals surface area contributed by atoms with E-state index in [9.17, 15) is 9.59 Å². The van der Waals surface area contributed by atoms with Gasteiger partial charge in [-0.2, -0.15) is 4.52 Å². The lowest BCUT2D eigenvalue weighted by molar-refractivity contribution is -0.136. The van der Waals surface area contributed by atoms with E-state index in [4.69, 9.17) is 5.11 Å². The van der Waals surface area contributed by atoms with Crippen molar-refractivity contribution in [3.05, 3.63) is 39.9 Å². The lowest BCUT2D eigenvalue weighted by Crippen LogP contribution is -2.23. The number of nitrogens with zero attached hydrogens (tertiary/aromatic N) is 3. The van der Waals surface area contributed by atoms with Crippen LogP contribution in [0.15, 0.2) is 23.1 Å². The quantitative estimate of drug-likeness (QED) is 0.732. The summed E-state index contributed by atoms with van der Waals surface area (Å²) in [6.07, 6.45) is 1.26. The van der Waals surface area contributed by atoms with E-state index in [0.717, 1.165) is 5.39 Å². The van der Waals surface area contributed by atoms with Crippen LogP contribution in [0.25, 0.3) is 16.7 Å². The smallest absolute Gasteiger partial charge is 0.308 e. The molecule has 0 saturated carbocycles. The lowest BCUT2D eigenvalue weighted by Gasteiger charge is -2.02. The van der Waals surface area contributed by atoms with E-state index in [1.807, 2.05) is 0 Å². The molecule has 0 saturated heterocycles. The number of aliphatic carboxylic acids is 1. The van der Waals surface area contributed by atoms with Crippen LogP contribution in [-0.4, -0.2) is 30.7 Å². The number of halogens is 1. The van der Waals surface area contributed by atoms with Crippen molar-refractivity contribution in [2.24, 2.45) is 0 Å². The van der Waals surface area contributed by atoms with Crippen LogP contribution in [0.5, 0.6) is 0 Å². The molecule has 0 aliphatic carbocycles. The summed E-state index contributed by atoms with van der Waals surface area (Å²) in [7, 11) is 0. The first kappa shape index (κ1) is 14.0. The second-order valence-electron chi connectivity index (χ2n) is 4.22. The number of nitrogens with one attached hydrogen (secondary N) is 1. The van der Waals surface area contributed by atoms with Crippen molar-refractivity contribution in [1.82, 2.24) is 19.6 Å². The van der Waals surface area contributed by atoms with E-state index < -0.39 is 11.5 Å². The number of fused-ring (bicyclic) bond motifs is 3. The highest BCUT2D eigenvalue weighted by Gasteiger charge is 2.16. The summed E-state index contributed by atoms with van der Waals surface area (Å²) in [6, 6.07) is 3.56. The van der Waals surface area contributed by atoms with Gasteiger partial charge in [0.15, 0.2) is 11.3 Å². The lowest BCUT2D eigenvalue weighted by atomic mass is 10.2. The van der Waals surface area contributed by atoms with Crippen molar-refractivity contribution < 1.29 is 9.90 Å². The minimum atomic E-state index is -1.06. The molecular formula is C12H11ClN4O3. The second-order valence-corrected chi connectivity index (χ2v) is 4.22. The molecule has 20 heavy (non-hydrogen) atoms. The number of rotatable bonds is 2. The summed E-state index contributed by atoms with van der Waals surface area (Å²) in [5.41, 5.74) is 1.20. The van der Waals surface area contributed by atoms with Crippen LogP contribution in [-0.2, 0) is 11.2 Å². The topological polar surface area (TPSA) is 100 Å². The highest BCUT2D eigenvalue weighted by atomic mass is 35.5. The number of carboxylic acid groups (broad SMARTS) is 1. The van der Waals surface area contributed by atoms with Crippen LogP contribution in [0.2, 0.25) is 0 Å². The van der Waals surface area contributed by atoms with E-state index in [2.05, 4.69) is 15.1 Å². The van der Waals surface area contributed by atoms with Crippen molar-refractivity contribution >= 4 is 35.1 Å². The third-order valence-electron chi connectivity index (χ3n) is 2.98. The van der Waals surface area contributed by atoms with Crippen LogP contribution >= 0.6 is 12.4 Å². The Morgan fingerprint density at radius 2 is 2.25 bits per heavy atom. The number of hydrogen-bond donors (Lipinski definition) is 2. The van der Waals surface area contributed by atoms with Gasteiger partial charge in [-0.1, -0.05) is 0 Å². The maximum atomic E-state index is 12.3. The SMILES string of the molecule is Cc1nc2c3cccnc3[nH]n2c(=O)c1CC(=O)O.Cl. The molecule has 3 rings (SSSR count). The maximum Gasteiger partial charge on any atom is 0.308 e. The highest BCUT2D eigenvalue weighted by Crippen LogP contribution is 2.15. The number of carboxylic acids is 1. The summed E-state index contributed by atoms with van der Waals surface area (Å²) in [4.78, 5) is 31.5. The predicted molar refractivity (Wildman–Crippen MR) is 74.4 cm³/mol. The molecule has 0 aliphatic rings. The van der Waals surface area contributed by atoms with Crippen molar-refractivity contribution in [2.75, 3.05) is 0 Å². The van der Waals surface area contributed by atoms with Gasteiger partial charge >= 0.3 is 5.97 Å². The summed E-state index contributed by atoms with van der Waals surface area (Å²) >= 11 is 0. The molecule has 0 fully saturated rings. The minimum Gasteiger partial charge on any atom is -0.481 e.